The van der Waals surface area contributed by atoms with Crippen LogP contribution < -0.4 is 0 Å². The van der Waals surface area contributed by atoms with Gasteiger partial charge in [-0.15, -0.1) is 0 Å². The summed E-state index contributed by atoms with van der Waals surface area (Å²) in [5.74, 6) is 0. The van der Waals surface area contributed by atoms with Crippen molar-refractivity contribution in [3.63, 3.8) is 0 Å². The fraction of sp³-hybridized carbons (Fsp3) is 0.900. The minimum Gasteiger partial charge on any atom is -0.390 e. The Labute approximate surface area is 79.1 Å². The highest BCUT2D eigenvalue weighted by Crippen LogP contribution is 2.31. The Hall–Kier alpha value is -0.410. The molecular weight excluding hydrogens is 168 g/mol. The third-order valence-corrected chi connectivity index (χ3v) is 2.53. The van der Waals surface area contributed by atoms with E-state index in [2.05, 4.69) is 0 Å². The van der Waals surface area contributed by atoms with E-state index in [0.717, 1.165) is 6.29 Å². The van der Waals surface area contributed by atoms with Gasteiger partial charge in [0, 0.05) is 19.3 Å². The molecule has 76 valence electrons. The maximum atomic E-state index is 10.2. The highest BCUT2D eigenvalue weighted by molar-refractivity contribution is 5.49. The van der Waals surface area contributed by atoms with Crippen molar-refractivity contribution in [2.24, 2.45) is 0 Å². The van der Waals surface area contributed by atoms with Crippen LogP contribution in [0.15, 0.2) is 0 Å². The topological polar surface area (TPSA) is 46.5 Å². The van der Waals surface area contributed by atoms with Crippen LogP contribution in [0.4, 0.5) is 0 Å². The zero-order valence-corrected chi connectivity index (χ0v) is 8.32. The zero-order chi connectivity index (χ0) is 9.90. The van der Waals surface area contributed by atoms with Crippen molar-refractivity contribution >= 4 is 6.29 Å². The van der Waals surface area contributed by atoms with Crippen molar-refractivity contribution < 1.29 is 14.6 Å². The Morgan fingerprint density at radius 3 is 2.46 bits per heavy atom. The van der Waals surface area contributed by atoms with Gasteiger partial charge < -0.3 is 14.6 Å². The second-order valence-corrected chi connectivity index (χ2v) is 4.10. The smallest absolute Gasteiger partial charge is 0.120 e. The molecule has 13 heavy (non-hydrogen) atoms. The molecule has 1 N–H and O–H groups in total. The van der Waals surface area contributed by atoms with Crippen LogP contribution in [0, 0.1) is 0 Å². The lowest BCUT2D eigenvalue weighted by Gasteiger charge is -2.38. The molecule has 3 nitrogen and oxygen atoms in total. The minimum atomic E-state index is -0.683. The van der Waals surface area contributed by atoms with Crippen LogP contribution in [-0.2, 0) is 9.53 Å². The molecule has 0 aromatic heterocycles. The van der Waals surface area contributed by atoms with E-state index in [0.29, 0.717) is 25.7 Å². The molecule has 1 saturated heterocycles. The van der Waals surface area contributed by atoms with Gasteiger partial charge in [0.05, 0.1) is 17.8 Å². The van der Waals surface area contributed by atoms with Crippen LogP contribution in [0.3, 0.4) is 0 Å². The van der Waals surface area contributed by atoms with Gasteiger partial charge in [0.15, 0.2) is 0 Å². The molecule has 0 aliphatic carbocycles. The quantitative estimate of drug-likeness (QED) is 0.675. The summed E-state index contributed by atoms with van der Waals surface area (Å²) >= 11 is 0. The lowest BCUT2D eigenvalue weighted by molar-refractivity contribution is -0.137. The summed E-state index contributed by atoms with van der Waals surface area (Å²) in [5, 5.41) is 10.1. The Balaban J connectivity index is 2.50. The van der Waals surface area contributed by atoms with Gasteiger partial charge in [0.25, 0.3) is 0 Å². The summed E-state index contributed by atoms with van der Waals surface area (Å²) < 4.78 is 5.51. The van der Waals surface area contributed by atoms with Crippen LogP contribution in [0.25, 0.3) is 0 Å². The molecular formula is C10H18O3. The largest absolute Gasteiger partial charge is 0.390 e. The van der Waals surface area contributed by atoms with E-state index < -0.39 is 5.60 Å². The first-order valence-electron chi connectivity index (χ1n) is 4.87. The standard InChI is InChI=1S/C10H18O3/c1-8-6-10(12,4-3-5-11)7-9(2)13-8/h5,8-9,12H,3-4,6-7H2,1-2H3. The van der Waals surface area contributed by atoms with Gasteiger partial charge in [0.2, 0.25) is 0 Å². The highest BCUT2D eigenvalue weighted by atomic mass is 16.5. The number of ether oxygens (including phenoxy) is 1. The lowest BCUT2D eigenvalue weighted by Crippen LogP contribution is -2.43. The monoisotopic (exact) mass is 186 g/mol. The Morgan fingerprint density at radius 2 is 2.00 bits per heavy atom. The fourth-order valence-electron chi connectivity index (χ4n) is 2.18. The van der Waals surface area contributed by atoms with Crippen LogP contribution in [0.5, 0.6) is 0 Å². The van der Waals surface area contributed by atoms with Crippen molar-refractivity contribution in [3.8, 4) is 0 Å². The fourth-order valence-corrected chi connectivity index (χ4v) is 2.18. The Morgan fingerprint density at radius 1 is 1.46 bits per heavy atom. The molecule has 1 heterocycles. The van der Waals surface area contributed by atoms with Gasteiger partial charge >= 0.3 is 0 Å². The first-order chi connectivity index (χ1) is 6.06. The molecule has 1 aliphatic rings. The normalized spacial score (nSPS) is 40.2. The number of aldehydes is 1. The molecule has 1 rings (SSSR count). The van der Waals surface area contributed by atoms with Crippen LogP contribution in [0.1, 0.15) is 39.5 Å². The van der Waals surface area contributed by atoms with Crippen molar-refractivity contribution in [2.45, 2.75) is 57.3 Å². The van der Waals surface area contributed by atoms with Gasteiger partial charge in [-0.1, -0.05) is 0 Å². The van der Waals surface area contributed by atoms with E-state index >= 15 is 0 Å². The first-order valence-corrected chi connectivity index (χ1v) is 4.87. The first kappa shape index (κ1) is 10.7. The Kier molecular flexibility index (Phi) is 3.45. The van der Waals surface area contributed by atoms with Gasteiger partial charge in [-0.25, -0.2) is 0 Å². The van der Waals surface area contributed by atoms with E-state index in [4.69, 9.17) is 4.74 Å². The number of aliphatic hydroxyl groups is 1. The van der Waals surface area contributed by atoms with Crippen LogP contribution in [-0.4, -0.2) is 29.2 Å². The summed E-state index contributed by atoms with van der Waals surface area (Å²) in [4.78, 5) is 10.2. The van der Waals surface area contributed by atoms with E-state index in [-0.39, 0.29) is 12.2 Å². The summed E-state index contributed by atoms with van der Waals surface area (Å²) in [7, 11) is 0. The number of rotatable bonds is 3. The van der Waals surface area contributed by atoms with Crippen molar-refractivity contribution in [2.75, 3.05) is 0 Å². The van der Waals surface area contributed by atoms with E-state index in [1.165, 1.54) is 0 Å². The Bertz CT molecular complexity index is 169. The molecule has 0 spiro atoms. The van der Waals surface area contributed by atoms with E-state index in [1.807, 2.05) is 13.8 Å². The molecule has 0 amide bonds. The number of hydrogen-bond donors (Lipinski definition) is 1. The molecule has 0 saturated carbocycles. The van der Waals surface area contributed by atoms with Gasteiger partial charge in [-0.05, 0) is 20.3 Å². The summed E-state index contributed by atoms with van der Waals surface area (Å²) in [6, 6.07) is 0. The van der Waals surface area contributed by atoms with E-state index in [1.54, 1.807) is 0 Å². The summed E-state index contributed by atoms with van der Waals surface area (Å²) in [5.41, 5.74) is -0.683. The number of hydrogen-bond acceptors (Lipinski definition) is 3. The zero-order valence-electron chi connectivity index (χ0n) is 8.32. The third kappa shape index (κ3) is 3.08. The van der Waals surface area contributed by atoms with Gasteiger partial charge in [-0.2, -0.15) is 0 Å². The van der Waals surface area contributed by atoms with Crippen molar-refractivity contribution in [1.29, 1.82) is 0 Å². The molecule has 3 heteroatoms. The second-order valence-electron chi connectivity index (χ2n) is 4.10. The molecule has 2 unspecified atom stereocenters. The summed E-state index contributed by atoms with van der Waals surface area (Å²) in [6.07, 6.45) is 3.35. The number of carbonyl (C=O) groups excluding carboxylic acids is 1. The average Bonchev–Trinajstić information content (AvgIpc) is 1.98. The van der Waals surface area contributed by atoms with Crippen molar-refractivity contribution in [1.82, 2.24) is 0 Å². The van der Waals surface area contributed by atoms with Crippen LogP contribution >= 0.6 is 0 Å². The molecule has 0 radical (unpaired) electrons. The van der Waals surface area contributed by atoms with Gasteiger partial charge in [-0.3, -0.25) is 0 Å². The van der Waals surface area contributed by atoms with Crippen molar-refractivity contribution in [3.05, 3.63) is 0 Å². The maximum absolute atomic E-state index is 10.2. The molecule has 0 aromatic carbocycles. The molecule has 1 aliphatic heterocycles. The second kappa shape index (κ2) is 4.20. The number of carbonyl (C=O) groups is 1. The maximum Gasteiger partial charge on any atom is 0.120 e. The van der Waals surface area contributed by atoms with E-state index in [9.17, 15) is 9.90 Å². The lowest BCUT2D eigenvalue weighted by atomic mass is 9.84. The summed E-state index contributed by atoms with van der Waals surface area (Å²) in [6.45, 7) is 3.92. The molecule has 0 aromatic rings. The minimum absolute atomic E-state index is 0.0976. The predicted molar refractivity (Wildman–Crippen MR) is 49.5 cm³/mol. The molecule has 1 fully saturated rings. The third-order valence-electron chi connectivity index (χ3n) is 2.53. The molecule has 0 bridgehead atoms. The molecule has 2 atom stereocenters. The average molecular weight is 186 g/mol. The highest BCUT2D eigenvalue weighted by Gasteiger charge is 2.35. The van der Waals surface area contributed by atoms with Crippen LogP contribution in [0.2, 0.25) is 0 Å². The van der Waals surface area contributed by atoms with Gasteiger partial charge in [0.1, 0.15) is 6.29 Å². The SMILES string of the molecule is CC1CC(O)(CCC=O)CC(C)O1. The predicted octanol–water partition coefficient (Wildman–Crippen LogP) is 1.28.